The largest absolute Gasteiger partial charge is 0.496 e. The third-order valence-electron chi connectivity index (χ3n) is 6.53. The van der Waals surface area contributed by atoms with Gasteiger partial charge in [0.2, 0.25) is 11.8 Å². The zero-order valence-electron chi connectivity index (χ0n) is 20.2. The number of benzene rings is 2. The van der Waals surface area contributed by atoms with Gasteiger partial charge in [-0.05, 0) is 31.3 Å². The highest BCUT2D eigenvalue weighted by molar-refractivity contribution is 5.97. The number of nitrogens with zero attached hydrogens (tertiary/aromatic N) is 5. The van der Waals surface area contributed by atoms with Gasteiger partial charge in [-0.2, -0.15) is 4.98 Å². The number of fused-ring (bicyclic) bond motifs is 1. The first-order valence-electron chi connectivity index (χ1n) is 11.8. The fourth-order valence-corrected chi connectivity index (χ4v) is 4.42. The minimum absolute atomic E-state index is 0.118. The second-order valence-corrected chi connectivity index (χ2v) is 8.90. The molecule has 0 spiro atoms. The number of rotatable bonds is 5. The Hall–Kier alpha value is -3.79. The number of hydrogen-bond acceptors (Lipinski definition) is 7. The number of carbonyl (C=O) groups excluding carboxylic acids is 1. The lowest BCUT2D eigenvalue weighted by Gasteiger charge is -2.34. The maximum absolute atomic E-state index is 13.9. The molecule has 1 fully saturated rings. The Balaban J connectivity index is 1.49. The molecule has 0 unspecified atom stereocenters. The Labute approximate surface area is 208 Å². The zero-order valence-corrected chi connectivity index (χ0v) is 20.2. The number of halogens is 2. The first-order valence-corrected chi connectivity index (χ1v) is 11.8. The van der Waals surface area contributed by atoms with Gasteiger partial charge in [-0.15, -0.1) is 0 Å². The first-order chi connectivity index (χ1) is 17.4. The van der Waals surface area contributed by atoms with Crippen molar-refractivity contribution in [3.63, 3.8) is 0 Å². The van der Waals surface area contributed by atoms with Crippen LogP contribution in [0.4, 0.5) is 14.7 Å². The summed E-state index contributed by atoms with van der Waals surface area (Å²) in [6.45, 7) is 3.96. The van der Waals surface area contributed by atoms with E-state index < -0.39 is 11.6 Å². The molecule has 36 heavy (non-hydrogen) atoms. The van der Waals surface area contributed by atoms with Crippen LogP contribution < -0.4 is 14.4 Å². The van der Waals surface area contributed by atoms with Crippen LogP contribution in [0.3, 0.4) is 0 Å². The molecule has 3 heterocycles. The van der Waals surface area contributed by atoms with E-state index in [1.807, 2.05) is 6.07 Å². The summed E-state index contributed by atoms with van der Waals surface area (Å²) < 4.78 is 38.7. The van der Waals surface area contributed by atoms with E-state index in [1.54, 1.807) is 23.1 Å². The molecule has 0 N–H and O–H groups in total. The van der Waals surface area contributed by atoms with Crippen LogP contribution in [0.1, 0.15) is 21.6 Å². The van der Waals surface area contributed by atoms with Gasteiger partial charge in [0.25, 0.3) is 5.91 Å². The van der Waals surface area contributed by atoms with E-state index in [1.165, 1.54) is 13.2 Å². The number of para-hydroxylation sites is 1. The molecule has 1 amide bonds. The summed E-state index contributed by atoms with van der Waals surface area (Å²) in [7, 11) is 3.59. The molecule has 8 nitrogen and oxygen atoms in total. The van der Waals surface area contributed by atoms with Crippen molar-refractivity contribution >= 4 is 11.9 Å². The van der Waals surface area contributed by atoms with Gasteiger partial charge in [0, 0.05) is 45.2 Å². The molecule has 0 radical (unpaired) electrons. The van der Waals surface area contributed by atoms with Crippen LogP contribution in [0.15, 0.2) is 42.5 Å². The van der Waals surface area contributed by atoms with Gasteiger partial charge < -0.3 is 24.2 Å². The van der Waals surface area contributed by atoms with E-state index in [2.05, 4.69) is 21.8 Å². The molecule has 0 bridgehead atoms. The van der Waals surface area contributed by atoms with Gasteiger partial charge in [-0.1, -0.05) is 12.1 Å². The predicted octanol–water partition coefficient (Wildman–Crippen LogP) is 3.51. The number of piperazine rings is 1. The lowest BCUT2D eigenvalue weighted by Crippen LogP contribution is -2.45. The Bertz CT molecular complexity index is 1280. The van der Waals surface area contributed by atoms with Gasteiger partial charge in [0.05, 0.1) is 30.5 Å². The van der Waals surface area contributed by atoms with Crippen LogP contribution in [0.25, 0.3) is 0 Å². The smallest absolute Gasteiger partial charge is 0.257 e. The van der Waals surface area contributed by atoms with E-state index in [0.717, 1.165) is 44.0 Å². The fourth-order valence-electron chi connectivity index (χ4n) is 4.42. The second-order valence-electron chi connectivity index (χ2n) is 8.90. The van der Waals surface area contributed by atoms with Gasteiger partial charge >= 0.3 is 0 Å². The lowest BCUT2D eigenvalue weighted by molar-refractivity contribution is 0.0728. The minimum atomic E-state index is -1.01. The van der Waals surface area contributed by atoms with E-state index in [-0.39, 0.29) is 24.1 Å². The van der Waals surface area contributed by atoms with Crippen LogP contribution in [-0.4, -0.2) is 72.6 Å². The summed E-state index contributed by atoms with van der Waals surface area (Å²) in [5, 5.41) is 0. The van der Waals surface area contributed by atoms with E-state index >= 15 is 0 Å². The number of hydrogen-bond donors (Lipinski definition) is 0. The lowest BCUT2D eigenvalue weighted by atomic mass is 10.0. The molecule has 1 aromatic heterocycles. The number of likely N-dealkylation sites (N-methyl/N-ethyl adjacent to an activating group) is 1. The Morgan fingerprint density at radius 2 is 1.75 bits per heavy atom. The third-order valence-corrected chi connectivity index (χ3v) is 6.53. The number of aromatic nitrogens is 2. The molecule has 10 heteroatoms. The standard InChI is InChI=1S/C26H27F2N5O3/c1-31-11-13-32(14-12-31)26-29-22-9-10-33(25(34)18-5-3-4-6-23(18)35-2)16-19(22)24(30-26)36-17-7-8-20(27)21(28)15-17/h3-8,15H,9-14,16H2,1-2H3. The molecule has 188 valence electrons. The van der Waals surface area contributed by atoms with Crippen molar-refractivity contribution < 1.29 is 23.0 Å². The number of ether oxygens (including phenoxy) is 2. The second kappa shape index (κ2) is 10.1. The zero-order chi connectivity index (χ0) is 25.2. The SMILES string of the molecule is COc1ccccc1C(=O)N1CCc2nc(N3CCN(C)CC3)nc(Oc3ccc(F)c(F)c3)c2C1. The minimum Gasteiger partial charge on any atom is -0.496 e. The van der Waals surface area contributed by atoms with Gasteiger partial charge in [0.1, 0.15) is 11.5 Å². The van der Waals surface area contributed by atoms with Crippen molar-refractivity contribution in [2.75, 3.05) is 51.8 Å². The topological polar surface area (TPSA) is 71.0 Å². The molecule has 0 saturated carbocycles. The summed E-state index contributed by atoms with van der Waals surface area (Å²) in [6.07, 6.45) is 0.508. The molecule has 1 saturated heterocycles. The van der Waals surface area contributed by atoms with Crippen LogP contribution in [0.5, 0.6) is 17.4 Å². The first kappa shape index (κ1) is 23.9. The highest BCUT2D eigenvalue weighted by atomic mass is 19.2. The molecular weight excluding hydrogens is 468 g/mol. The van der Waals surface area contributed by atoms with Crippen LogP contribution in [0, 0.1) is 11.6 Å². The molecule has 2 aliphatic heterocycles. The highest BCUT2D eigenvalue weighted by Gasteiger charge is 2.30. The summed E-state index contributed by atoms with van der Waals surface area (Å²) in [5.74, 6) is -0.775. The van der Waals surface area contributed by atoms with Crippen molar-refractivity contribution in [3.05, 3.63) is 70.9 Å². The van der Waals surface area contributed by atoms with Gasteiger partial charge in [-0.3, -0.25) is 4.79 Å². The Kier molecular flexibility index (Phi) is 6.69. The number of carbonyl (C=O) groups is 1. The van der Waals surface area contributed by atoms with Crippen molar-refractivity contribution in [1.82, 2.24) is 19.8 Å². The van der Waals surface area contributed by atoms with Crippen molar-refractivity contribution in [2.24, 2.45) is 0 Å². The number of anilines is 1. The predicted molar refractivity (Wildman–Crippen MR) is 130 cm³/mol. The summed E-state index contributed by atoms with van der Waals surface area (Å²) in [4.78, 5) is 28.9. The molecule has 0 aliphatic carbocycles. The van der Waals surface area contributed by atoms with Crippen LogP contribution in [-0.2, 0) is 13.0 Å². The van der Waals surface area contributed by atoms with E-state index in [4.69, 9.17) is 14.5 Å². The molecule has 2 aliphatic rings. The average Bonchev–Trinajstić information content (AvgIpc) is 2.90. The van der Waals surface area contributed by atoms with Crippen molar-refractivity contribution in [2.45, 2.75) is 13.0 Å². The maximum Gasteiger partial charge on any atom is 0.257 e. The molecule has 5 rings (SSSR count). The van der Waals surface area contributed by atoms with E-state index in [0.29, 0.717) is 35.8 Å². The maximum atomic E-state index is 13.9. The van der Waals surface area contributed by atoms with Gasteiger partial charge in [0.15, 0.2) is 11.6 Å². The summed E-state index contributed by atoms with van der Waals surface area (Å²) in [6, 6.07) is 10.4. The van der Waals surface area contributed by atoms with Crippen LogP contribution in [0.2, 0.25) is 0 Å². The monoisotopic (exact) mass is 495 g/mol. The Morgan fingerprint density at radius 3 is 2.50 bits per heavy atom. The van der Waals surface area contributed by atoms with E-state index in [9.17, 15) is 13.6 Å². The third kappa shape index (κ3) is 4.81. The molecular formula is C26H27F2N5O3. The average molecular weight is 496 g/mol. The quantitative estimate of drug-likeness (QED) is 0.537. The Morgan fingerprint density at radius 1 is 0.972 bits per heavy atom. The summed E-state index contributed by atoms with van der Waals surface area (Å²) >= 11 is 0. The summed E-state index contributed by atoms with van der Waals surface area (Å²) in [5.41, 5.74) is 1.88. The molecule has 3 aromatic rings. The normalized spacial score (nSPS) is 16.0. The van der Waals surface area contributed by atoms with Crippen molar-refractivity contribution in [3.8, 4) is 17.4 Å². The molecule has 2 aromatic carbocycles. The number of methoxy groups -OCH3 is 1. The molecule has 0 atom stereocenters. The highest BCUT2D eigenvalue weighted by Crippen LogP contribution is 2.33. The fraction of sp³-hybridized carbons (Fsp3) is 0.346. The number of amides is 1. The van der Waals surface area contributed by atoms with Crippen molar-refractivity contribution in [1.29, 1.82) is 0 Å². The van der Waals surface area contributed by atoms with Crippen LogP contribution >= 0.6 is 0 Å². The van der Waals surface area contributed by atoms with Gasteiger partial charge in [-0.25, -0.2) is 13.8 Å².